The third-order valence-corrected chi connectivity index (χ3v) is 2.87. The van der Waals surface area contributed by atoms with Gasteiger partial charge in [-0.25, -0.2) is 0 Å². The molecule has 1 N–H and O–H groups in total. The minimum absolute atomic E-state index is 0.0386. The lowest BCUT2D eigenvalue weighted by Crippen LogP contribution is -2.18. The SMILES string of the molecule is COC(C)CS(=O)CCC(=O)O. The Morgan fingerprint density at radius 1 is 1.67 bits per heavy atom. The van der Waals surface area contributed by atoms with Crippen LogP contribution in [0.25, 0.3) is 0 Å². The third kappa shape index (κ3) is 6.30. The predicted octanol–water partition coefficient (Wildman–Crippen LogP) is 0.245. The van der Waals surface area contributed by atoms with E-state index < -0.39 is 16.8 Å². The summed E-state index contributed by atoms with van der Waals surface area (Å²) in [6.45, 7) is 1.80. The summed E-state index contributed by atoms with van der Waals surface area (Å²) in [5.74, 6) is -0.291. The van der Waals surface area contributed by atoms with E-state index in [2.05, 4.69) is 0 Å². The average molecular weight is 194 g/mol. The summed E-state index contributed by atoms with van der Waals surface area (Å²) in [6.07, 6.45) is -0.108. The number of hydrogen-bond donors (Lipinski definition) is 1. The first-order valence-electron chi connectivity index (χ1n) is 3.65. The van der Waals surface area contributed by atoms with Crippen molar-refractivity contribution in [3.8, 4) is 0 Å². The Morgan fingerprint density at radius 3 is 2.67 bits per heavy atom. The number of aliphatic carboxylic acids is 1. The second kappa shape index (κ2) is 6.14. The average Bonchev–Trinajstić information content (AvgIpc) is 2.00. The topological polar surface area (TPSA) is 63.6 Å². The summed E-state index contributed by atoms with van der Waals surface area (Å²) in [5, 5.41) is 8.29. The highest BCUT2D eigenvalue weighted by atomic mass is 32.2. The fourth-order valence-electron chi connectivity index (χ4n) is 0.614. The van der Waals surface area contributed by atoms with Crippen molar-refractivity contribution in [1.82, 2.24) is 0 Å². The molecule has 0 aliphatic rings. The molecule has 0 radical (unpaired) electrons. The van der Waals surface area contributed by atoms with Crippen molar-refractivity contribution in [2.24, 2.45) is 0 Å². The number of rotatable bonds is 6. The summed E-state index contributed by atoms with van der Waals surface area (Å²) in [5.41, 5.74) is 0. The highest BCUT2D eigenvalue weighted by molar-refractivity contribution is 7.85. The normalized spacial score (nSPS) is 15.5. The zero-order valence-corrected chi connectivity index (χ0v) is 8.10. The lowest BCUT2D eigenvalue weighted by Gasteiger charge is -2.07. The largest absolute Gasteiger partial charge is 0.481 e. The highest BCUT2D eigenvalue weighted by Crippen LogP contribution is 1.95. The van der Waals surface area contributed by atoms with Crippen LogP contribution < -0.4 is 0 Å². The Kier molecular flexibility index (Phi) is 5.92. The molecule has 0 rings (SSSR count). The van der Waals surface area contributed by atoms with Gasteiger partial charge in [-0.3, -0.25) is 9.00 Å². The minimum atomic E-state index is -1.08. The third-order valence-electron chi connectivity index (χ3n) is 1.37. The number of methoxy groups -OCH3 is 1. The van der Waals surface area contributed by atoms with Gasteiger partial charge in [0.05, 0.1) is 12.5 Å². The number of hydrogen-bond acceptors (Lipinski definition) is 3. The quantitative estimate of drug-likeness (QED) is 0.658. The molecule has 0 aliphatic carbocycles. The summed E-state index contributed by atoms with van der Waals surface area (Å²) in [4.78, 5) is 10.1. The van der Waals surface area contributed by atoms with Gasteiger partial charge < -0.3 is 9.84 Å². The van der Waals surface area contributed by atoms with Crippen molar-refractivity contribution in [2.75, 3.05) is 18.6 Å². The van der Waals surface area contributed by atoms with Crippen LogP contribution in [0, 0.1) is 0 Å². The van der Waals surface area contributed by atoms with Gasteiger partial charge in [0, 0.05) is 29.4 Å². The molecule has 0 aromatic carbocycles. The highest BCUT2D eigenvalue weighted by Gasteiger charge is 2.07. The van der Waals surface area contributed by atoms with E-state index >= 15 is 0 Å². The summed E-state index contributed by atoms with van der Waals surface area (Å²) in [7, 11) is 0.464. The molecule has 2 unspecified atom stereocenters. The van der Waals surface area contributed by atoms with Gasteiger partial charge in [-0.15, -0.1) is 0 Å². The molecule has 4 nitrogen and oxygen atoms in total. The molecule has 0 saturated carbocycles. The first-order chi connectivity index (χ1) is 5.56. The molecule has 0 aliphatic heterocycles. The van der Waals surface area contributed by atoms with Crippen molar-refractivity contribution < 1.29 is 18.8 Å². The maximum Gasteiger partial charge on any atom is 0.304 e. The number of ether oxygens (including phenoxy) is 1. The fourth-order valence-corrected chi connectivity index (χ4v) is 1.84. The van der Waals surface area contributed by atoms with Crippen LogP contribution in [0.1, 0.15) is 13.3 Å². The van der Waals surface area contributed by atoms with E-state index in [1.807, 2.05) is 0 Å². The Balaban J connectivity index is 3.53. The number of carboxylic acid groups (broad SMARTS) is 1. The van der Waals surface area contributed by atoms with E-state index in [-0.39, 0.29) is 18.3 Å². The monoisotopic (exact) mass is 194 g/mol. The first kappa shape index (κ1) is 11.6. The van der Waals surface area contributed by atoms with E-state index in [4.69, 9.17) is 9.84 Å². The number of carbonyl (C=O) groups is 1. The first-order valence-corrected chi connectivity index (χ1v) is 5.14. The molecule has 0 bridgehead atoms. The van der Waals surface area contributed by atoms with Gasteiger partial charge in [-0.2, -0.15) is 0 Å². The van der Waals surface area contributed by atoms with E-state index in [0.29, 0.717) is 5.75 Å². The molecule has 0 aromatic rings. The van der Waals surface area contributed by atoms with Gasteiger partial charge in [0.25, 0.3) is 0 Å². The molecular weight excluding hydrogens is 180 g/mol. The van der Waals surface area contributed by atoms with Crippen LogP contribution in [-0.4, -0.2) is 40.0 Å². The van der Waals surface area contributed by atoms with Crippen molar-refractivity contribution in [3.05, 3.63) is 0 Å². The van der Waals surface area contributed by atoms with Crippen LogP contribution in [0.2, 0.25) is 0 Å². The minimum Gasteiger partial charge on any atom is -0.481 e. The van der Waals surface area contributed by atoms with Crippen LogP contribution in [0.15, 0.2) is 0 Å². The summed E-state index contributed by atoms with van der Waals surface area (Å²) in [6, 6.07) is 0. The molecule has 0 aromatic heterocycles. The van der Waals surface area contributed by atoms with Crippen LogP contribution in [-0.2, 0) is 20.3 Å². The van der Waals surface area contributed by atoms with Gasteiger partial charge in [-0.1, -0.05) is 0 Å². The Bertz CT molecular complexity index is 169. The molecular formula is C7H14O4S. The molecule has 72 valence electrons. The Morgan fingerprint density at radius 2 is 2.25 bits per heavy atom. The second-order valence-electron chi connectivity index (χ2n) is 2.50. The zero-order chi connectivity index (χ0) is 9.56. The molecule has 0 saturated heterocycles. The van der Waals surface area contributed by atoms with E-state index in [1.54, 1.807) is 14.0 Å². The van der Waals surface area contributed by atoms with Gasteiger partial charge in [-0.05, 0) is 6.92 Å². The Hall–Kier alpha value is -0.420. The van der Waals surface area contributed by atoms with Gasteiger partial charge in [0.2, 0.25) is 0 Å². The summed E-state index contributed by atoms with van der Waals surface area (Å²) < 4.78 is 16.0. The summed E-state index contributed by atoms with van der Waals surface area (Å²) >= 11 is 0. The molecule has 0 heterocycles. The van der Waals surface area contributed by atoms with Crippen molar-refractivity contribution in [2.45, 2.75) is 19.4 Å². The molecule has 0 amide bonds. The van der Waals surface area contributed by atoms with Gasteiger partial charge in [0.15, 0.2) is 0 Å². The van der Waals surface area contributed by atoms with Crippen LogP contribution in [0.3, 0.4) is 0 Å². The standard InChI is InChI=1S/C7H14O4S/c1-6(11-2)5-12(10)4-3-7(8)9/h6H,3-5H2,1-2H3,(H,8,9). The molecule has 0 fully saturated rings. The number of carboxylic acids is 1. The smallest absolute Gasteiger partial charge is 0.304 e. The maximum absolute atomic E-state index is 11.1. The maximum atomic E-state index is 11.1. The molecule has 12 heavy (non-hydrogen) atoms. The zero-order valence-electron chi connectivity index (χ0n) is 7.28. The Labute approximate surface area is 74.4 Å². The predicted molar refractivity (Wildman–Crippen MR) is 46.6 cm³/mol. The molecule has 0 spiro atoms. The van der Waals surface area contributed by atoms with E-state index in [1.165, 1.54) is 0 Å². The van der Waals surface area contributed by atoms with Crippen LogP contribution in [0.5, 0.6) is 0 Å². The van der Waals surface area contributed by atoms with E-state index in [0.717, 1.165) is 0 Å². The fraction of sp³-hybridized carbons (Fsp3) is 0.857. The van der Waals surface area contributed by atoms with Crippen LogP contribution >= 0.6 is 0 Å². The molecule has 2 atom stereocenters. The van der Waals surface area contributed by atoms with Crippen LogP contribution in [0.4, 0.5) is 0 Å². The van der Waals surface area contributed by atoms with Crippen molar-refractivity contribution in [3.63, 3.8) is 0 Å². The van der Waals surface area contributed by atoms with Crippen molar-refractivity contribution >= 4 is 16.8 Å². The second-order valence-corrected chi connectivity index (χ2v) is 4.12. The van der Waals surface area contributed by atoms with E-state index in [9.17, 15) is 9.00 Å². The van der Waals surface area contributed by atoms with Gasteiger partial charge in [0.1, 0.15) is 0 Å². The molecule has 5 heteroatoms. The lowest BCUT2D eigenvalue weighted by atomic mass is 10.5. The lowest BCUT2D eigenvalue weighted by molar-refractivity contribution is -0.136. The van der Waals surface area contributed by atoms with Crippen molar-refractivity contribution in [1.29, 1.82) is 0 Å². The van der Waals surface area contributed by atoms with Gasteiger partial charge >= 0.3 is 5.97 Å².